The number of hydrogen-bond donors (Lipinski definition) is 2. The number of halogens is 1. The molecule has 1 aromatic rings. The van der Waals surface area contributed by atoms with E-state index in [9.17, 15) is 8.42 Å². The molecule has 0 aromatic carbocycles. The average Bonchev–Trinajstić information content (AvgIpc) is 2.36. The molecule has 118 valence electrons. The maximum Gasteiger partial charge on any atom is 0.270 e. The summed E-state index contributed by atoms with van der Waals surface area (Å²) in [5.74, 6) is 0.534. The molecule has 10 heteroatoms. The van der Waals surface area contributed by atoms with Gasteiger partial charge in [-0.3, -0.25) is 4.55 Å². The summed E-state index contributed by atoms with van der Waals surface area (Å²) < 4.78 is 37.2. The third kappa shape index (κ3) is 3.73. The molecular weight excluding hydrogens is 320 g/mol. The Bertz CT molecular complexity index is 606. The van der Waals surface area contributed by atoms with Crippen molar-refractivity contribution in [2.45, 2.75) is 31.2 Å². The topological polar surface area (TPSA) is 119 Å². The van der Waals surface area contributed by atoms with Crippen molar-refractivity contribution in [1.82, 2.24) is 9.97 Å². The Labute approximate surface area is 128 Å². The molecule has 0 bridgehead atoms. The van der Waals surface area contributed by atoms with Crippen LogP contribution in [0, 0.1) is 0 Å². The first-order chi connectivity index (χ1) is 9.68. The Morgan fingerprint density at radius 3 is 2.81 bits per heavy atom. The zero-order valence-electron chi connectivity index (χ0n) is 11.6. The van der Waals surface area contributed by atoms with Gasteiger partial charge in [0.05, 0.1) is 18.8 Å². The number of nitrogens with two attached hydrogens (primary N) is 1. The normalized spacial score (nSPS) is 24.9. The Morgan fingerprint density at radius 2 is 2.24 bits per heavy atom. The summed E-state index contributed by atoms with van der Waals surface area (Å²) in [6.07, 6.45) is -0.675. The fourth-order valence-corrected chi connectivity index (χ4v) is 2.88. The molecule has 1 fully saturated rings. The lowest BCUT2D eigenvalue weighted by Gasteiger charge is -2.40. The monoisotopic (exact) mass is 336 g/mol. The predicted molar refractivity (Wildman–Crippen MR) is 79.0 cm³/mol. The molecule has 0 amide bonds. The van der Waals surface area contributed by atoms with Crippen LogP contribution in [0.5, 0.6) is 0 Å². The number of ether oxygens (including phenoxy) is 1. The minimum atomic E-state index is -4.18. The maximum absolute atomic E-state index is 11.3. The molecule has 3 atom stereocenters. The summed E-state index contributed by atoms with van der Waals surface area (Å²) in [5, 5.41) is -0.835. The predicted octanol–water partition coefficient (Wildman–Crippen LogP) is 0.582. The summed E-state index contributed by atoms with van der Waals surface area (Å²) in [6, 6.07) is 1.51. The number of aromatic nitrogens is 2. The summed E-state index contributed by atoms with van der Waals surface area (Å²) in [5.41, 5.74) is 5.57. The van der Waals surface area contributed by atoms with Gasteiger partial charge in [0.2, 0.25) is 5.95 Å². The van der Waals surface area contributed by atoms with Gasteiger partial charge in [0, 0.05) is 12.6 Å². The lowest BCUT2D eigenvalue weighted by atomic mass is 10.1. The minimum Gasteiger partial charge on any atom is -0.373 e. The van der Waals surface area contributed by atoms with Gasteiger partial charge in [-0.15, -0.1) is 0 Å². The van der Waals surface area contributed by atoms with Crippen LogP contribution in [0.1, 0.15) is 13.8 Å². The Balaban J connectivity index is 2.26. The minimum absolute atomic E-state index is 0.0376. The van der Waals surface area contributed by atoms with Gasteiger partial charge in [-0.05, 0) is 13.8 Å². The van der Waals surface area contributed by atoms with Gasteiger partial charge in [-0.2, -0.15) is 13.4 Å². The smallest absolute Gasteiger partial charge is 0.270 e. The zero-order valence-corrected chi connectivity index (χ0v) is 13.2. The van der Waals surface area contributed by atoms with Crippen LogP contribution in [-0.2, 0) is 14.9 Å². The highest BCUT2D eigenvalue weighted by atomic mass is 35.5. The van der Waals surface area contributed by atoms with Crippen LogP contribution >= 0.6 is 11.6 Å². The second kappa shape index (κ2) is 5.91. The molecule has 1 unspecified atom stereocenters. The lowest BCUT2D eigenvalue weighted by molar-refractivity contribution is 0.0212. The van der Waals surface area contributed by atoms with Crippen molar-refractivity contribution in [1.29, 1.82) is 0 Å². The fraction of sp³-hybridized carbons (Fsp3) is 0.636. The van der Waals surface area contributed by atoms with Crippen molar-refractivity contribution in [3.05, 3.63) is 11.2 Å². The van der Waals surface area contributed by atoms with E-state index in [-0.39, 0.29) is 23.7 Å². The molecule has 0 aliphatic carbocycles. The molecule has 0 spiro atoms. The molecule has 0 saturated carbocycles. The summed E-state index contributed by atoms with van der Waals surface area (Å²) in [4.78, 5) is 9.72. The van der Waals surface area contributed by atoms with E-state index in [1.54, 1.807) is 6.07 Å². The van der Waals surface area contributed by atoms with Crippen molar-refractivity contribution in [2.24, 2.45) is 0 Å². The van der Waals surface area contributed by atoms with E-state index >= 15 is 0 Å². The Kier molecular flexibility index (Phi) is 4.57. The van der Waals surface area contributed by atoms with Gasteiger partial charge in [-0.25, -0.2) is 4.98 Å². The van der Waals surface area contributed by atoms with E-state index in [0.29, 0.717) is 12.4 Å². The summed E-state index contributed by atoms with van der Waals surface area (Å²) >= 11 is 5.86. The van der Waals surface area contributed by atoms with Crippen molar-refractivity contribution in [3.63, 3.8) is 0 Å². The quantitative estimate of drug-likeness (QED) is 0.607. The lowest BCUT2D eigenvalue weighted by Crippen LogP contribution is -2.53. The van der Waals surface area contributed by atoms with Crippen molar-refractivity contribution in [2.75, 3.05) is 23.8 Å². The van der Waals surface area contributed by atoms with Gasteiger partial charge in [0.15, 0.2) is 0 Å². The highest BCUT2D eigenvalue weighted by molar-refractivity contribution is 7.86. The van der Waals surface area contributed by atoms with Gasteiger partial charge in [0.1, 0.15) is 16.2 Å². The molecule has 1 aliphatic heterocycles. The van der Waals surface area contributed by atoms with E-state index in [1.807, 2.05) is 11.8 Å². The molecular formula is C11H17ClN4O4S. The third-order valence-corrected chi connectivity index (χ3v) is 4.88. The number of nitrogen functional groups attached to an aromatic ring is 1. The zero-order chi connectivity index (χ0) is 15.8. The van der Waals surface area contributed by atoms with Crippen LogP contribution in [0.25, 0.3) is 0 Å². The van der Waals surface area contributed by atoms with Crippen LogP contribution in [0.15, 0.2) is 6.07 Å². The van der Waals surface area contributed by atoms with Crippen LogP contribution in [0.3, 0.4) is 0 Å². The molecule has 3 N–H and O–H groups in total. The first-order valence-corrected chi connectivity index (χ1v) is 8.21. The van der Waals surface area contributed by atoms with E-state index < -0.39 is 21.5 Å². The fourth-order valence-electron chi connectivity index (χ4n) is 2.14. The van der Waals surface area contributed by atoms with Crippen molar-refractivity contribution in [3.8, 4) is 0 Å². The molecule has 2 rings (SSSR count). The second-order valence-corrected chi connectivity index (χ2v) is 7.16. The molecule has 1 aromatic heterocycles. The van der Waals surface area contributed by atoms with Crippen LogP contribution in [0.2, 0.25) is 5.15 Å². The van der Waals surface area contributed by atoms with E-state index in [2.05, 4.69) is 9.97 Å². The molecule has 1 saturated heterocycles. The number of morpholine rings is 1. The molecule has 8 nitrogen and oxygen atoms in total. The standard InChI is InChI=1S/C11H17ClN4O4S/c1-6-5-20-8(7(2)21(17,18)19)4-16(6)10-3-9(12)14-11(13)15-10/h3,6-8H,4-5H2,1-2H3,(H2,13,14,15)(H,17,18,19)/t6-,7?,8+/m1/s1. The van der Waals surface area contributed by atoms with Crippen LogP contribution < -0.4 is 10.6 Å². The molecule has 1 aliphatic rings. The van der Waals surface area contributed by atoms with E-state index in [0.717, 1.165) is 0 Å². The van der Waals surface area contributed by atoms with Gasteiger partial charge in [0.25, 0.3) is 10.1 Å². The number of rotatable bonds is 3. The van der Waals surface area contributed by atoms with Crippen molar-refractivity contribution < 1.29 is 17.7 Å². The highest BCUT2D eigenvalue weighted by Crippen LogP contribution is 2.25. The molecule has 0 radical (unpaired) electrons. The molecule has 2 heterocycles. The SMILES string of the molecule is CC([C@@H]1CN(c2cc(Cl)nc(N)n2)[C@H](C)CO1)S(=O)(=O)O. The van der Waals surface area contributed by atoms with Crippen LogP contribution in [-0.4, -0.2) is 53.5 Å². The number of anilines is 2. The maximum atomic E-state index is 11.3. The summed E-state index contributed by atoms with van der Waals surface area (Å²) in [7, 11) is -4.18. The van der Waals surface area contributed by atoms with Crippen molar-refractivity contribution >= 4 is 33.5 Å². The first-order valence-electron chi connectivity index (χ1n) is 6.33. The number of nitrogens with zero attached hydrogens (tertiary/aromatic N) is 3. The largest absolute Gasteiger partial charge is 0.373 e. The first kappa shape index (κ1) is 16.2. The van der Waals surface area contributed by atoms with E-state index in [4.69, 9.17) is 26.6 Å². The summed E-state index contributed by atoms with van der Waals surface area (Å²) in [6.45, 7) is 3.84. The average molecular weight is 337 g/mol. The van der Waals surface area contributed by atoms with Gasteiger partial charge < -0.3 is 15.4 Å². The number of hydrogen-bond acceptors (Lipinski definition) is 7. The van der Waals surface area contributed by atoms with E-state index in [1.165, 1.54) is 6.92 Å². The van der Waals surface area contributed by atoms with Gasteiger partial charge >= 0.3 is 0 Å². The van der Waals surface area contributed by atoms with Crippen LogP contribution in [0.4, 0.5) is 11.8 Å². The third-order valence-electron chi connectivity index (χ3n) is 3.45. The molecule has 21 heavy (non-hydrogen) atoms. The highest BCUT2D eigenvalue weighted by Gasteiger charge is 2.35. The Hall–Kier alpha value is -1.16. The van der Waals surface area contributed by atoms with Gasteiger partial charge in [-0.1, -0.05) is 11.6 Å². The Morgan fingerprint density at radius 1 is 1.57 bits per heavy atom. The second-order valence-electron chi connectivity index (χ2n) is 5.00.